The van der Waals surface area contributed by atoms with E-state index in [-0.39, 0.29) is 0 Å². The van der Waals surface area contributed by atoms with E-state index in [0.29, 0.717) is 0 Å². The highest BCUT2D eigenvalue weighted by Crippen LogP contribution is 2.13. The van der Waals surface area contributed by atoms with Gasteiger partial charge in [0.1, 0.15) is 13.1 Å². The van der Waals surface area contributed by atoms with Gasteiger partial charge in [-0.2, -0.15) is 0 Å². The minimum atomic E-state index is 1.08. The lowest BCUT2D eigenvalue weighted by Crippen LogP contribution is -2.36. The molecule has 6 heteroatoms. The van der Waals surface area contributed by atoms with Crippen LogP contribution in [0.1, 0.15) is 219 Å². The third kappa shape index (κ3) is 35.2. The van der Waals surface area contributed by atoms with Crippen molar-refractivity contribution >= 4 is 0 Å². The molecule has 0 amide bonds. The van der Waals surface area contributed by atoms with Gasteiger partial charge in [0, 0.05) is 25.9 Å². The molecule has 0 N–H and O–H groups in total. The summed E-state index contributed by atoms with van der Waals surface area (Å²) in [5, 5.41) is 0. The summed E-state index contributed by atoms with van der Waals surface area (Å²) < 4.78 is 4.57. The first-order valence-electron chi connectivity index (χ1n) is 26.1. The van der Waals surface area contributed by atoms with Crippen LogP contribution in [0.25, 0.3) is 0 Å². The molecule has 6 nitrogen and oxygen atoms in total. The van der Waals surface area contributed by atoms with E-state index < -0.39 is 0 Å². The zero-order valence-corrected chi connectivity index (χ0v) is 39.9. The zero-order valence-electron chi connectivity index (χ0n) is 39.9. The van der Waals surface area contributed by atoms with E-state index in [9.17, 15) is 0 Å². The number of allylic oxidation sites excluding steroid dienone is 4. The summed E-state index contributed by atoms with van der Waals surface area (Å²) in [6.45, 7) is 14.1. The second-order valence-corrected chi connectivity index (χ2v) is 17.9. The van der Waals surface area contributed by atoms with Crippen LogP contribution in [0.2, 0.25) is 0 Å². The van der Waals surface area contributed by atoms with Crippen molar-refractivity contribution in [2.75, 3.05) is 39.3 Å². The summed E-state index contributed by atoms with van der Waals surface area (Å²) in [6.07, 6.45) is 69.3. The lowest BCUT2D eigenvalue weighted by atomic mass is 10.1. The number of hydrogen-bond donors (Lipinski definition) is 0. The van der Waals surface area contributed by atoms with Gasteiger partial charge >= 0.3 is 0 Å². The van der Waals surface area contributed by atoms with Crippen LogP contribution in [-0.2, 0) is 13.1 Å². The van der Waals surface area contributed by atoms with Crippen molar-refractivity contribution in [1.82, 2.24) is 19.8 Å². The molecule has 0 aliphatic carbocycles. The first-order chi connectivity index (χ1) is 29.8. The minimum Gasteiger partial charge on any atom is -0.303 e. The van der Waals surface area contributed by atoms with Crippen LogP contribution >= 0.6 is 0 Å². The predicted octanol–water partition coefficient (Wildman–Crippen LogP) is 14.0. The fraction of sp³-hybridized carbons (Fsp3) is 0.778. The molecule has 0 fully saturated rings. The van der Waals surface area contributed by atoms with E-state index in [4.69, 9.17) is 0 Å². The lowest BCUT2D eigenvalue weighted by Gasteiger charge is -2.24. The first kappa shape index (κ1) is 53.7. The third-order valence-electron chi connectivity index (χ3n) is 12.3. The average molecular weight is 831 g/mol. The van der Waals surface area contributed by atoms with E-state index in [1.165, 1.54) is 245 Å². The molecule has 0 saturated heterocycles. The Morgan fingerprint density at radius 3 is 0.883 bits per heavy atom. The van der Waals surface area contributed by atoms with Crippen LogP contribution in [0.4, 0.5) is 0 Å². The average Bonchev–Trinajstić information content (AvgIpc) is 3.27. The van der Waals surface area contributed by atoms with Gasteiger partial charge in [0.15, 0.2) is 24.8 Å². The Balaban J connectivity index is 1.65. The Hall–Kier alpha value is -2.44. The molecule has 60 heavy (non-hydrogen) atoms. The maximum Gasteiger partial charge on any atom is 0.187 e. The second kappa shape index (κ2) is 43.2. The van der Waals surface area contributed by atoms with Gasteiger partial charge in [-0.1, -0.05) is 154 Å². The van der Waals surface area contributed by atoms with E-state index in [2.05, 4.69) is 91.8 Å². The summed E-state index contributed by atoms with van der Waals surface area (Å²) >= 11 is 0. The molecule has 0 radical (unpaired) electrons. The van der Waals surface area contributed by atoms with Gasteiger partial charge in [0.05, 0.1) is 24.8 Å². The van der Waals surface area contributed by atoms with Crippen LogP contribution in [0.5, 0.6) is 0 Å². The van der Waals surface area contributed by atoms with Crippen molar-refractivity contribution in [1.29, 1.82) is 0 Å². The molecule has 342 valence electrons. The van der Waals surface area contributed by atoms with E-state index in [1.807, 2.05) is 24.8 Å². The minimum absolute atomic E-state index is 1.08. The molecular formula is C54H98N6+2. The summed E-state index contributed by atoms with van der Waals surface area (Å²) in [7, 11) is 0. The molecule has 2 aromatic rings. The van der Waals surface area contributed by atoms with Crippen LogP contribution < -0.4 is 9.13 Å². The van der Waals surface area contributed by atoms with Crippen molar-refractivity contribution in [3.8, 4) is 0 Å². The molecule has 0 saturated carbocycles. The predicted molar refractivity (Wildman–Crippen MR) is 259 cm³/mol. The summed E-state index contributed by atoms with van der Waals surface area (Å²) in [6, 6.07) is 0. The number of rotatable bonds is 45. The number of aromatic nitrogens is 4. The highest BCUT2D eigenvalue weighted by molar-refractivity contribution is 4.82. The smallest absolute Gasteiger partial charge is 0.187 e. The topological polar surface area (TPSA) is 40.0 Å². The van der Waals surface area contributed by atoms with E-state index in [0.717, 1.165) is 13.1 Å². The number of nitrogens with zero attached hydrogens (tertiary/aromatic N) is 6. The summed E-state index contributed by atoms with van der Waals surface area (Å²) in [4.78, 5) is 14.0. The van der Waals surface area contributed by atoms with Crippen molar-refractivity contribution in [2.24, 2.45) is 0 Å². The van der Waals surface area contributed by atoms with Gasteiger partial charge in [-0.3, -0.25) is 9.97 Å². The van der Waals surface area contributed by atoms with Gasteiger partial charge < -0.3 is 9.80 Å². The molecule has 0 aromatic carbocycles. The van der Waals surface area contributed by atoms with Crippen LogP contribution in [0, 0.1) is 0 Å². The molecule has 2 rings (SSSR count). The highest BCUT2D eigenvalue weighted by atomic mass is 15.1. The Labute approximate surface area is 373 Å². The Morgan fingerprint density at radius 1 is 0.317 bits per heavy atom. The van der Waals surface area contributed by atoms with Crippen molar-refractivity contribution in [2.45, 2.75) is 232 Å². The highest BCUT2D eigenvalue weighted by Gasteiger charge is 2.10. The molecule has 0 unspecified atom stereocenters. The monoisotopic (exact) mass is 831 g/mol. The number of hydrogen-bond acceptors (Lipinski definition) is 4. The Bertz CT molecular complexity index is 1090. The standard InChI is InChI=1S/C54H98N6/c1-3-5-7-9-11-13-15-17-19-21-23-25-27-29-31-33-43-57(47-37-49-59-51-39-55-40-52-59)45-35-36-46-58(48-38-50-60-53-41-56-42-54-60)44-34-32-30-28-26-24-22-20-18-16-14-12-10-8-6-4-2/h17-20,39-42,51-54H,3-16,21-38,43-50H2,1-2H3/q+2. The second-order valence-electron chi connectivity index (χ2n) is 17.9. The number of aryl methyl sites for hydroxylation is 2. The lowest BCUT2D eigenvalue weighted by molar-refractivity contribution is -0.697. The molecule has 0 atom stereocenters. The summed E-state index contributed by atoms with van der Waals surface area (Å²) in [5.74, 6) is 0. The molecule has 0 spiro atoms. The van der Waals surface area contributed by atoms with E-state index in [1.54, 1.807) is 0 Å². The quantitative estimate of drug-likeness (QED) is 0.0379. The molecular weight excluding hydrogens is 733 g/mol. The van der Waals surface area contributed by atoms with Gasteiger partial charge in [-0.05, 0) is 103 Å². The van der Waals surface area contributed by atoms with Gasteiger partial charge in [0.2, 0.25) is 0 Å². The van der Waals surface area contributed by atoms with Gasteiger partial charge in [0.25, 0.3) is 0 Å². The molecule has 0 aliphatic rings. The molecule has 2 aromatic heterocycles. The van der Waals surface area contributed by atoms with Crippen molar-refractivity contribution in [3.63, 3.8) is 0 Å². The molecule has 0 aliphatic heterocycles. The summed E-state index contributed by atoms with van der Waals surface area (Å²) in [5.41, 5.74) is 0. The fourth-order valence-electron chi connectivity index (χ4n) is 8.45. The SMILES string of the molecule is CCCCCCCCC=CCCCCCCCCN(CCCCN(CCCCCCCCC=CCCCCCCCC)CCC[n+]1ccncc1)CCC[n+]1ccncc1. The molecule has 0 bridgehead atoms. The van der Waals surface area contributed by atoms with Crippen LogP contribution in [0.15, 0.2) is 73.9 Å². The molecule has 2 heterocycles. The van der Waals surface area contributed by atoms with Crippen LogP contribution in [0.3, 0.4) is 0 Å². The zero-order chi connectivity index (χ0) is 42.5. The Kier molecular flexibility index (Phi) is 38.7. The number of unbranched alkanes of at least 4 members (excludes halogenated alkanes) is 25. The Morgan fingerprint density at radius 2 is 0.567 bits per heavy atom. The van der Waals surface area contributed by atoms with Crippen LogP contribution in [-0.4, -0.2) is 59.0 Å². The van der Waals surface area contributed by atoms with Crippen molar-refractivity contribution in [3.05, 3.63) is 73.9 Å². The maximum absolute atomic E-state index is 4.21. The largest absolute Gasteiger partial charge is 0.303 e. The van der Waals surface area contributed by atoms with Crippen molar-refractivity contribution < 1.29 is 9.13 Å². The maximum atomic E-state index is 4.21. The van der Waals surface area contributed by atoms with Gasteiger partial charge in [-0.25, -0.2) is 9.13 Å². The van der Waals surface area contributed by atoms with Gasteiger partial charge in [-0.15, -0.1) is 0 Å². The normalized spacial score (nSPS) is 12.0. The third-order valence-corrected chi connectivity index (χ3v) is 12.3. The fourth-order valence-corrected chi connectivity index (χ4v) is 8.45. The first-order valence-corrected chi connectivity index (χ1v) is 26.1. The van der Waals surface area contributed by atoms with E-state index >= 15 is 0 Å².